The number of rotatable bonds is 11. The van der Waals surface area contributed by atoms with Gasteiger partial charge in [-0.1, -0.05) is 16.9 Å². The van der Waals surface area contributed by atoms with Gasteiger partial charge in [0, 0.05) is 31.2 Å². The minimum atomic E-state index is -5.12. The quantitative estimate of drug-likeness (QED) is 0.0388. The fourth-order valence-electron chi connectivity index (χ4n) is 4.26. The maximum absolute atomic E-state index is 13.2. The topological polar surface area (TPSA) is 305 Å². The number of oxime groups is 1. The zero-order chi connectivity index (χ0) is 31.7. The molecule has 1 saturated heterocycles. The number of amidine groups is 1. The molecule has 1 aliphatic carbocycles. The van der Waals surface area contributed by atoms with Crippen molar-refractivity contribution in [1.29, 1.82) is 0 Å². The highest BCUT2D eigenvalue weighted by Gasteiger charge is 2.54. The van der Waals surface area contributed by atoms with Crippen LogP contribution in [0, 0.1) is 0 Å². The van der Waals surface area contributed by atoms with Crippen LogP contribution in [0.4, 0.5) is 4.79 Å². The molecule has 0 radical (unpaired) electrons. The van der Waals surface area contributed by atoms with Crippen molar-refractivity contribution in [3.05, 3.63) is 28.2 Å². The Bertz CT molecular complexity index is 1570. The molecule has 3 aliphatic rings. The van der Waals surface area contributed by atoms with Gasteiger partial charge < -0.3 is 41.9 Å². The molecule has 3 atom stereocenters. The Balaban J connectivity index is 1.46. The third kappa shape index (κ3) is 6.59. The molecule has 43 heavy (non-hydrogen) atoms. The maximum atomic E-state index is 13.2. The molecule has 9 N–H and O–H groups in total. The van der Waals surface area contributed by atoms with E-state index in [0.29, 0.717) is 17.3 Å². The number of nitrogens with two attached hydrogens (primary N) is 1. The molecule has 1 saturated carbocycles. The largest absolute Gasteiger partial charge is 0.503 e. The molecule has 0 aromatic carbocycles. The van der Waals surface area contributed by atoms with Crippen molar-refractivity contribution < 1.29 is 52.4 Å². The van der Waals surface area contributed by atoms with Crippen molar-refractivity contribution in [2.45, 2.75) is 49.5 Å². The van der Waals surface area contributed by atoms with Crippen LogP contribution in [-0.4, -0.2) is 108 Å². The maximum Gasteiger partial charge on any atom is 0.362 e. The summed E-state index contributed by atoms with van der Waals surface area (Å²) in [4.78, 5) is 70.7. The van der Waals surface area contributed by atoms with Gasteiger partial charge in [0.2, 0.25) is 11.0 Å². The Morgan fingerprint density at radius 2 is 1.95 bits per heavy atom. The lowest BCUT2D eigenvalue weighted by atomic mass is 9.80. The summed E-state index contributed by atoms with van der Waals surface area (Å²) in [5.41, 5.74) is 2.63. The van der Waals surface area contributed by atoms with Gasteiger partial charge in [0.25, 0.3) is 11.8 Å². The fourth-order valence-corrected chi connectivity index (χ4v) is 5.90. The highest BCUT2D eigenvalue weighted by Crippen LogP contribution is 2.36. The van der Waals surface area contributed by atoms with Crippen LogP contribution in [0.1, 0.15) is 25.0 Å². The normalized spacial score (nSPS) is 23.0. The predicted molar refractivity (Wildman–Crippen MR) is 145 cm³/mol. The van der Waals surface area contributed by atoms with E-state index in [1.165, 1.54) is 0 Å². The number of β-lactam (4-membered cyclic amide) rings is 1. The van der Waals surface area contributed by atoms with E-state index in [4.69, 9.17) is 10.6 Å². The molecular formula is C21H26N8O12S2. The number of carboxylic acid groups (broad SMARTS) is 1. The van der Waals surface area contributed by atoms with Crippen molar-refractivity contribution in [1.82, 2.24) is 25.0 Å². The average Bonchev–Trinajstić information content (AvgIpc) is 3.32. The van der Waals surface area contributed by atoms with Crippen molar-refractivity contribution in [2.75, 3.05) is 12.3 Å². The third-order valence-electron chi connectivity index (χ3n) is 6.79. The van der Waals surface area contributed by atoms with Crippen molar-refractivity contribution in [3.8, 4) is 5.75 Å². The molecule has 1 aromatic heterocycles. The van der Waals surface area contributed by atoms with Gasteiger partial charge >= 0.3 is 22.3 Å². The summed E-state index contributed by atoms with van der Waals surface area (Å²) >= 11 is 1.08. The van der Waals surface area contributed by atoms with Gasteiger partial charge in [-0.25, -0.2) is 13.9 Å². The van der Waals surface area contributed by atoms with Crippen LogP contribution in [0.25, 0.3) is 0 Å². The standard InChI is InChI=1S/C21H26N8O12S2/c22-19-25-10(8-42-19)14(27-41-21(18(34)35)2-1-3-21)16(32)26-15-11(29(17(15)33)43(38,39)40)6-24-20(36)23-5-9-4-12(30)13(31)7-28(9)37/h4,7,10-11,15,31,37H,1-3,5-6,8H2,(H2,22,25)(H,26,32)(H,34,35)(H2,23,24,36)(H,38,39,40)/b27-14-/t10?,11-,15+/m1/s1. The Hall–Kier alpha value is -4.57. The van der Waals surface area contributed by atoms with E-state index in [1.54, 1.807) is 0 Å². The number of urea groups is 1. The summed E-state index contributed by atoms with van der Waals surface area (Å²) in [6, 6.07) is -4.24. The zero-order valence-electron chi connectivity index (χ0n) is 21.9. The van der Waals surface area contributed by atoms with Crippen LogP contribution in [-0.2, 0) is 36.1 Å². The Morgan fingerprint density at radius 3 is 2.51 bits per heavy atom. The molecule has 2 aliphatic heterocycles. The number of amides is 4. The molecular weight excluding hydrogens is 620 g/mol. The number of aromatic hydroxyl groups is 1. The van der Waals surface area contributed by atoms with Gasteiger partial charge in [0.15, 0.2) is 16.6 Å². The Labute approximate surface area is 245 Å². The van der Waals surface area contributed by atoms with E-state index in [2.05, 4.69) is 26.1 Å². The molecule has 4 rings (SSSR count). The number of nitrogens with zero attached hydrogens (tertiary/aromatic N) is 4. The number of carbonyl (C=O) groups is 4. The van der Waals surface area contributed by atoms with Crippen molar-refractivity contribution in [2.24, 2.45) is 15.9 Å². The van der Waals surface area contributed by atoms with E-state index < -0.39 is 87.8 Å². The molecule has 2 fully saturated rings. The fraction of sp³-hybridized carbons (Fsp3) is 0.476. The van der Waals surface area contributed by atoms with E-state index >= 15 is 0 Å². The number of hydrogen-bond donors (Lipinski definition) is 8. The van der Waals surface area contributed by atoms with Crippen LogP contribution in [0.3, 0.4) is 0 Å². The lowest BCUT2D eigenvalue weighted by Crippen LogP contribution is -2.75. The summed E-state index contributed by atoms with van der Waals surface area (Å²) in [5.74, 6) is -4.22. The Kier molecular flexibility index (Phi) is 8.73. The lowest BCUT2D eigenvalue weighted by molar-refractivity contribution is -0.179. The highest BCUT2D eigenvalue weighted by atomic mass is 32.2. The minimum Gasteiger partial charge on any atom is -0.503 e. The first kappa shape index (κ1) is 31.4. The smallest absolute Gasteiger partial charge is 0.362 e. The zero-order valence-corrected chi connectivity index (χ0v) is 23.5. The van der Waals surface area contributed by atoms with Gasteiger partial charge in [0.1, 0.15) is 12.1 Å². The van der Waals surface area contributed by atoms with E-state index in [9.17, 15) is 52.4 Å². The minimum absolute atomic E-state index is 0.0340. The van der Waals surface area contributed by atoms with Gasteiger partial charge in [-0.3, -0.25) is 23.9 Å². The molecule has 4 amide bonds. The second kappa shape index (κ2) is 12.0. The number of aliphatic imine (C=N–C) groups is 1. The van der Waals surface area contributed by atoms with Crippen LogP contribution in [0.5, 0.6) is 5.75 Å². The number of carboxylic acids is 1. The van der Waals surface area contributed by atoms with Crippen LogP contribution >= 0.6 is 11.8 Å². The predicted octanol–water partition coefficient (Wildman–Crippen LogP) is -3.10. The second-order valence-corrected chi connectivity index (χ2v) is 11.9. The first-order valence-corrected chi connectivity index (χ1v) is 14.7. The molecule has 3 heterocycles. The molecule has 1 unspecified atom stereocenters. The summed E-state index contributed by atoms with van der Waals surface area (Å²) in [7, 11) is -5.12. The summed E-state index contributed by atoms with van der Waals surface area (Å²) in [5, 5.41) is 39.2. The number of aliphatic carboxylic acids is 1. The monoisotopic (exact) mass is 646 g/mol. The SMILES string of the molecule is NC1=NC(/C(=N/OC2(C(=O)O)CCC2)C(=O)N[C@@H]2C(=O)N(S(=O)(=O)O)[C@@H]2CNC(=O)NCc2cc(=O)c(O)cn2O)CS1. The Morgan fingerprint density at radius 1 is 1.26 bits per heavy atom. The van der Waals surface area contributed by atoms with Crippen molar-refractivity contribution in [3.63, 3.8) is 0 Å². The summed E-state index contributed by atoms with van der Waals surface area (Å²) < 4.78 is 33.6. The van der Waals surface area contributed by atoms with Gasteiger partial charge in [0.05, 0.1) is 24.5 Å². The second-order valence-electron chi connectivity index (χ2n) is 9.57. The molecule has 1 aromatic rings. The van der Waals surface area contributed by atoms with E-state index in [-0.39, 0.29) is 33.8 Å². The highest BCUT2D eigenvalue weighted by molar-refractivity contribution is 8.14. The summed E-state index contributed by atoms with van der Waals surface area (Å²) in [6.45, 7) is -1.05. The molecule has 20 nitrogen and oxygen atoms in total. The van der Waals surface area contributed by atoms with Crippen LogP contribution in [0.2, 0.25) is 0 Å². The van der Waals surface area contributed by atoms with Gasteiger partial charge in [-0.05, 0) is 6.42 Å². The molecule has 0 spiro atoms. The number of aromatic nitrogens is 1. The third-order valence-corrected chi connectivity index (χ3v) is 8.62. The summed E-state index contributed by atoms with van der Waals surface area (Å²) in [6.07, 6.45) is 1.52. The van der Waals surface area contributed by atoms with Gasteiger partial charge in [-0.2, -0.15) is 13.1 Å². The van der Waals surface area contributed by atoms with Crippen LogP contribution < -0.4 is 27.1 Å². The average molecular weight is 647 g/mol. The number of pyridine rings is 1. The van der Waals surface area contributed by atoms with E-state index in [1.807, 2.05) is 0 Å². The number of hydrogen-bond acceptors (Lipinski definition) is 14. The van der Waals surface area contributed by atoms with E-state index in [0.717, 1.165) is 17.8 Å². The molecule has 0 bridgehead atoms. The molecule has 22 heteroatoms. The number of nitrogens with one attached hydrogen (secondary N) is 3. The number of thioether (sulfide) groups is 1. The number of carbonyl (C=O) groups excluding carboxylic acids is 3. The lowest BCUT2D eigenvalue weighted by Gasteiger charge is -2.44. The molecule has 234 valence electrons. The van der Waals surface area contributed by atoms with Crippen molar-refractivity contribution >= 4 is 56.8 Å². The van der Waals surface area contributed by atoms with Crippen LogP contribution in [0.15, 0.2) is 27.2 Å². The van der Waals surface area contributed by atoms with Gasteiger partial charge in [-0.15, -0.1) is 0 Å². The first-order valence-electron chi connectivity index (χ1n) is 12.4. The first-order chi connectivity index (χ1) is 20.1.